The van der Waals surface area contributed by atoms with E-state index in [-0.39, 0.29) is 31.9 Å². The molecule has 0 spiro atoms. The molecule has 31 heavy (non-hydrogen) atoms. The Kier molecular flexibility index (Phi) is 21.5. The summed E-state index contributed by atoms with van der Waals surface area (Å²) < 4.78 is 10.3. The van der Waals surface area contributed by atoms with Crippen LogP contribution in [0.1, 0.15) is 90.4 Å². The number of rotatable bonds is 22. The molecule has 0 fully saturated rings. The number of aliphatic hydroxyl groups excluding tert-OH is 4. The number of aliphatic hydroxyl groups is 4. The summed E-state index contributed by atoms with van der Waals surface area (Å²) in [6.45, 7) is 1.27. The molecule has 0 bridgehead atoms. The summed E-state index contributed by atoms with van der Waals surface area (Å²) in [6, 6.07) is 0. The number of carbonyl (C=O) groups is 1. The van der Waals surface area contributed by atoms with Crippen LogP contribution >= 0.6 is 0 Å². The topological polar surface area (TPSA) is 116 Å². The van der Waals surface area contributed by atoms with Gasteiger partial charge in [-0.15, -0.1) is 0 Å². The van der Waals surface area contributed by atoms with E-state index in [1.54, 1.807) is 0 Å². The lowest BCUT2D eigenvalue weighted by Gasteiger charge is -2.17. The van der Waals surface area contributed by atoms with Gasteiger partial charge in [0.1, 0.15) is 18.8 Å². The molecule has 0 amide bonds. The smallest absolute Gasteiger partial charge is 0.305 e. The minimum absolute atomic E-state index is 0.0622. The quantitative estimate of drug-likeness (QED) is 0.115. The largest absolute Gasteiger partial charge is 0.463 e. The Morgan fingerprint density at radius 3 is 2.26 bits per heavy atom. The molecule has 0 saturated carbocycles. The van der Waals surface area contributed by atoms with Crippen LogP contribution in [0.4, 0.5) is 0 Å². The lowest BCUT2D eigenvalue weighted by Crippen LogP contribution is -2.30. The van der Waals surface area contributed by atoms with Gasteiger partial charge in [0.2, 0.25) is 0 Å². The molecular formula is C24H46O7. The van der Waals surface area contributed by atoms with Crippen LogP contribution in [0.5, 0.6) is 0 Å². The van der Waals surface area contributed by atoms with Crippen LogP contribution in [-0.2, 0) is 14.3 Å². The van der Waals surface area contributed by atoms with Crippen molar-refractivity contribution in [3.05, 3.63) is 12.2 Å². The maximum absolute atomic E-state index is 11.7. The zero-order chi connectivity index (χ0) is 23.2. The van der Waals surface area contributed by atoms with Crippen LogP contribution in [-0.4, -0.2) is 71.1 Å². The number of ether oxygens (including phenoxy) is 2. The maximum Gasteiger partial charge on any atom is 0.305 e. The third kappa shape index (κ3) is 20.7. The second-order valence-electron chi connectivity index (χ2n) is 8.17. The van der Waals surface area contributed by atoms with Crippen molar-refractivity contribution in [3.8, 4) is 0 Å². The Labute approximate surface area is 188 Å². The van der Waals surface area contributed by atoms with E-state index in [1.165, 1.54) is 19.3 Å². The number of hydrogen-bond donors (Lipinski definition) is 4. The van der Waals surface area contributed by atoms with Crippen LogP contribution in [0.25, 0.3) is 0 Å². The van der Waals surface area contributed by atoms with E-state index >= 15 is 0 Å². The number of allylic oxidation sites excluding steroid dienone is 1. The molecule has 0 aromatic carbocycles. The van der Waals surface area contributed by atoms with E-state index in [0.29, 0.717) is 6.42 Å². The van der Waals surface area contributed by atoms with E-state index in [4.69, 9.17) is 14.6 Å². The highest BCUT2D eigenvalue weighted by Crippen LogP contribution is 2.11. The predicted octanol–water partition coefficient (Wildman–Crippen LogP) is 3.27. The number of carbonyl (C=O) groups excluding carboxylic acids is 1. The summed E-state index contributed by atoms with van der Waals surface area (Å²) in [6.07, 6.45) is 15.2. The lowest BCUT2D eigenvalue weighted by atomic mass is 10.1. The third-order valence-corrected chi connectivity index (χ3v) is 5.09. The molecule has 2 unspecified atom stereocenters. The summed E-state index contributed by atoms with van der Waals surface area (Å²) in [4.78, 5) is 11.7. The summed E-state index contributed by atoms with van der Waals surface area (Å²) in [5.41, 5.74) is 0. The van der Waals surface area contributed by atoms with Crippen molar-refractivity contribution in [2.75, 3.05) is 26.4 Å². The molecule has 0 aliphatic rings. The first kappa shape index (κ1) is 30.0. The third-order valence-electron chi connectivity index (χ3n) is 5.09. The van der Waals surface area contributed by atoms with Gasteiger partial charge in [0, 0.05) is 6.42 Å². The summed E-state index contributed by atoms with van der Waals surface area (Å²) in [5.74, 6) is -0.319. The molecule has 0 heterocycles. The zero-order valence-corrected chi connectivity index (χ0v) is 19.4. The van der Waals surface area contributed by atoms with Gasteiger partial charge in [-0.1, -0.05) is 64.0 Å². The number of unbranched alkanes of at least 4 members (excludes halogenated alkanes) is 8. The van der Waals surface area contributed by atoms with Gasteiger partial charge in [-0.2, -0.15) is 0 Å². The fourth-order valence-corrected chi connectivity index (χ4v) is 3.07. The van der Waals surface area contributed by atoms with Gasteiger partial charge in [-0.05, 0) is 32.1 Å². The van der Waals surface area contributed by atoms with Gasteiger partial charge in [0.25, 0.3) is 0 Å². The zero-order valence-electron chi connectivity index (χ0n) is 19.4. The summed E-state index contributed by atoms with van der Waals surface area (Å²) >= 11 is 0. The first-order valence-electron chi connectivity index (χ1n) is 12.0. The first-order chi connectivity index (χ1) is 15.0. The van der Waals surface area contributed by atoms with E-state index < -0.39 is 18.8 Å². The Hall–Kier alpha value is -0.990. The van der Waals surface area contributed by atoms with Crippen molar-refractivity contribution >= 4 is 5.97 Å². The van der Waals surface area contributed by atoms with E-state index in [1.807, 2.05) is 0 Å². The molecule has 4 N–H and O–H groups in total. The van der Waals surface area contributed by atoms with Crippen molar-refractivity contribution in [3.63, 3.8) is 0 Å². The van der Waals surface area contributed by atoms with Crippen LogP contribution < -0.4 is 0 Å². The standard InChI is InChI=1S/C24H46O7/c1-2-3-4-11-14-21(27)15-12-9-7-5-6-8-10-13-16-24(29)31-20-23(18-26)30-19-22(28)17-25/h9,12,21-23,25-28H,2-8,10-11,13-20H2,1H3/t21-,22?,23?/m1/s1. The molecule has 0 aromatic heterocycles. The minimum atomic E-state index is -1.01. The molecule has 0 rings (SSSR count). The second-order valence-corrected chi connectivity index (χ2v) is 8.17. The monoisotopic (exact) mass is 446 g/mol. The number of esters is 1. The molecule has 0 aliphatic carbocycles. The molecule has 0 saturated heterocycles. The average Bonchev–Trinajstić information content (AvgIpc) is 2.77. The average molecular weight is 447 g/mol. The van der Waals surface area contributed by atoms with Crippen molar-refractivity contribution in [1.82, 2.24) is 0 Å². The first-order valence-corrected chi connectivity index (χ1v) is 12.0. The van der Waals surface area contributed by atoms with Crippen molar-refractivity contribution in [2.45, 2.75) is 109 Å². The Balaban J connectivity index is 3.54. The highest BCUT2D eigenvalue weighted by molar-refractivity contribution is 5.69. The molecule has 0 radical (unpaired) electrons. The van der Waals surface area contributed by atoms with Gasteiger partial charge in [0.15, 0.2) is 0 Å². The van der Waals surface area contributed by atoms with E-state index in [9.17, 15) is 20.1 Å². The maximum atomic E-state index is 11.7. The molecule has 0 aliphatic heterocycles. The van der Waals surface area contributed by atoms with Gasteiger partial charge >= 0.3 is 5.97 Å². The SMILES string of the molecule is CCCCCC[C@@H](O)CC=CCCCCCCCC(=O)OCC(CO)OCC(O)CO. The van der Waals surface area contributed by atoms with Crippen LogP contribution in [0.15, 0.2) is 12.2 Å². The molecule has 184 valence electrons. The second kappa shape index (κ2) is 22.2. The van der Waals surface area contributed by atoms with Crippen molar-refractivity contribution in [1.29, 1.82) is 0 Å². The molecular weight excluding hydrogens is 400 g/mol. The highest BCUT2D eigenvalue weighted by atomic mass is 16.6. The fourth-order valence-electron chi connectivity index (χ4n) is 3.07. The fraction of sp³-hybridized carbons (Fsp3) is 0.875. The van der Waals surface area contributed by atoms with Gasteiger partial charge in [-0.3, -0.25) is 4.79 Å². The van der Waals surface area contributed by atoms with Crippen molar-refractivity contribution in [2.24, 2.45) is 0 Å². The molecule has 7 heteroatoms. The Morgan fingerprint density at radius 1 is 0.839 bits per heavy atom. The van der Waals surface area contributed by atoms with Gasteiger partial charge < -0.3 is 29.9 Å². The van der Waals surface area contributed by atoms with Crippen LogP contribution in [0.3, 0.4) is 0 Å². The molecule has 3 atom stereocenters. The minimum Gasteiger partial charge on any atom is -0.463 e. The highest BCUT2D eigenvalue weighted by Gasteiger charge is 2.13. The Bertz CT molecular complexity index is 428. The number of hydrogen-bond acceptors (Lipinski definition) is 7. The summed E-state index contributed by atoms with van der Waals surface area (Å²) in [5, 5.41) is 37.0. The normalized spacial score (nSPS) is 14.6. The molecule has 0 aromatic rings. The van der Waals surface area contributed by atoms with Gasteiger partial charge in [-0.25, -0.2) is 0 Å². The van der Waals surface area contributed by atoms with Gasteiger partial charge in [0.05, 0.1) is 25.9 Å². The van der Waals surface area contributed by atoms with Crippen LogP contribution in [0, 0.1) is 0 Å². The summed E-state index contributed by atoms with van der Waals surface area (Å²) in [7, 11) is 0. The van der Waals surface area contributed by atoms with E-state index in [2.05, 4.69) is 19.1 Å². The van der Waals surface area contributed by atoms with Crippen molar-refractivity contribution < 1.29 is 34.7 Å². The predicted molar refractivity (Wildman–Crippen MR) is 122 cm³/mol. The van der Waals surface area contributed by atoms with E-state index in [0.717, 1.165) is 57.8 Å². The van der Waals surface area contributed by atoms with Crippen LogP contribution in [0.2, 0.25) is 0 Å². The lowest BCUT2D eigenvalue weighted by molar-refractivity contribution is -0.150. The molecule has 7 nitrogen and oxygen atoms in total. The Morgan fingerprint density at radius 2 is 1.55 bits per heavy atom.